The summed E-state index contributed by atoms with van der Waals surface area (Å²) in [7, 11) is 1.64. The highest BCUT2D eigenvalue weighted by molar-refractivity contribution is 5.22. The van der Waals surface area contributed by atoms with Gasteiger partial charge in [0.05, 0.1) is 0 Å². The van der Waals surface area contributed by atoms with Crippen molar-refractivity contribution in [3.8, 4) is 0 Å². The third-order valence-corrected chi connectivity index (χ3v) is 0.289. The van der Waals surface area contributed by atoms with Crippen LogP contribution in [-0.2, 0) is 0 Å². The molecule has 0 aliphatic heterocycles. The van der Waals surface area contributed by atoms with E-state index in [0.29, 0.717) is 0 Å². The van der Waals surface area contributed by atoms with Gasteiger partial charge in [0.25, 0.3) is 0 Å². The van der Waals surface area contributed by atoms with Crippen LogP contribution in [0.1, 0.15) is 75.7 Å². The summed E-state index contributed by atoms with van der Waals surface area (Å²) in [4.78, 5) is 3.25. The second kappa shape index (κ2) is 374. The Hall–Kier alpha value is -0.850. The Kier molecular flexibility index (Phi) is 901. The lowest BCUT2D eigenvalue weighted by Crippen LogP contribution is -1.36. The summed E-state index contributed by atoms with van der Waals surface area (Å²) in [6, 6.07) is 0. The van der Waals surface area contributed by atoms with E-state index in [1.807, 2.05) is 68.4 Å². The van der Waals surface area contributed by atoms with Gasteiger partial charge in [-0.15, -0.1) is 13.2 Å². The fraction of sp³-hybridized carbons (Fsp3) is 0.706. The summed E-state index contributed by atoms with van der Waals surface area (Å²) in [5, 5.41) is 0. The minimum Gasteiger partial charge on any atom is -0.304 e. The predicted molar refractivity (Wildman–Crippen MR) is 97.2 cm³/mol. The van der Waals surface area contributed by atoms with Gasteiger partial charge in [0.1, 0.15) is 0 Å². The summed E-state index contributed by atoms with van der Waals surface area (Å²) in [5.74, 6) is 0. The lowest BCUT2D eigenvalue weighted by atomic mass is 10.5. The Balaban J connectivity index is -0.0000000161. The molecule has 0 rings (SSSR count). The number of hydrogen-bond donors (Lipinski definition) is 0. The molecule has 0 spiro atoms. The maximum atomic E-state index is 3.48. The molecule has 0 aromatic carbocycles. The van der Waals surface area contributed by atoms with E-state index >= 15 is 0 Å². The molecule has 0 aromatic rings. The van der Waals surface area contributed by atoms with Crippen molar-refractivity contribution in [1.29, 1.82) is 0 Å². The Morgan fingerprint density at radius 2 is 0.889 bits per heavy atom. The Morgan fingerprint density at radius 1 is 0.833 bits per heavy atom. The average molecular weight is 262 g/mol. The molecule has 0 atom stereocenters. The highest BCUT2D eigenvalue weighted by Crippen LogP contribution is 1.66. The lowest BCUT2D eigenvalue weighted by Gasteiger charge is -1.57. The number of hydrogen-bond acceptors (Lipinski definition) is 1. The molecule has 1 nitrogen and oxygen atoms in total. The molecule has 0 saturated heterocycles. The molecule has 18 heavy (non-hydrogen) atoms. The summed E-state index contributed by atoms with van der Waals surface area (Å²) in [5.41, 5.74) is 0. The van der Waals surface area contributed by atoms with E-state index in [9.17, 15) is 0 Å². The Morgan fingerprint density at radius 3 is 0.889 bits per heavy atom. The van der Waals surface area contributed by atoms with Crippen LogP contribution in [0.25, 0.3) is 0 Å². The van der Waals surface area contributed by atoms with E-state index in [1.165, 1.54) is 0 Å². The molecule has 116 valence electrons. The van der Waals surface area contributed by atoms with E-state index in [-0.39, 0.29) is 0 Å². The van der Waals surface area contributed by atoms with Crippen molar-refractivity contribution in [3.05, 3.63) is 25.3 Å². The maximum absolute atomic E-state index is 3.48. The van der Waals surface area contributed by atoms with Gasteiger partial charge in [-0.2, -0.15) is 0 Å². The first-order valence-corrected chi connectivity index (χ1v) is 7.27. The molecule has 0 radical (unpaired) electrons. The van der Waals surface area contributed by atoms with Crippen LogP contribution in [-0.4, -0.2) is 13.8 Å². The highest BCUT2D eigenvalue weighted by Gasteiger charge is 1.45. The molecule has 0 heterocycles. The van der Waals surface area contributed by atoms with Crippen molar-refractivity contribution in [2.75, 3.05) is 7.05 Å². The second-order valence-electron chi connectivity index (χ2n) is 1.42. The number of rotatable bonds is 1. The van der Waals surface area contributed by atoms with Crippen LogP contribution in [0.3, 0.4) is 0 Å². The maximum Gasteiger partial charge on any atom is 0.0269 e. The van der Waals surface area contributed by atoms with Gasteiger partial charge in [0.15, 0.2) is 0 Å². The van der Waals surface area contributed by atoms with Gasteiger partial charge in [-0.1, -0.05) is 74.5 Å². The Bertz CT molecular complexity index is 60.0. The SMILES string of the molecule is C=CC.C=CCC.C=NC.CC.CC.CC.CC. The van der Waals surface area contributed by atoms with Crippen LogP contribution in [0.5, 0.6) is 0 Å². The monoisotopic (exact) mass is 261 g/mol. The first-order valence-electron chi connectivity index (χ1n) is 7.27. The zero-order chi connectivity index (χ0) is 16.8. The molecular weight excluding hydrogens is 218 g/mol. The normalized spacial score (nSPS) is 4.17. The van der Waals surface area contributed by atoms with Crippen LogP contribution >= 0.6 is 0 Å². The van der Waals surface area contributed by atoms with Gasteiger partial charge in [0, 0.05) is 7.05 Å². The van der Waals surface area contributed by atoms with Crippen LogP contribution in [0.15, 0.2) is 30.3 Å². The van der Waals surface area contributed by atoms with E-state index in [0.717, 1.165) is 6.42 Å². The number of allylic oxidation sites excluding steroid dienone is 2. The number of nitrogens with zero attached hydrogens (tertiary/aromatic N) is 1. The quantitative estimate of drug-likeness (QED) is 0.349. The van der Waals surface area contributed by atoms with Crippen molar-refractivity contribution in [1.82, 2.24) is 0 Å². The molecule has 0 aromatic heterocycles. The fourth-order valence-electron chi connectivity index (χ4n) is 0. The zero-order valence-electron chi connectivity index (χ0n) is 15.4. The van der Waals surface area contributed by atoms with E-state index in [4.69, 9.17) is 0 Å². The molecule has 0 bridgehead atoms. The fourth-order valence-corrected chi connectivity index (χ4v) is 0. The number of aliphatic imine (C=N–C) groups is 1. The molecule has 0 fully saturated rings. The molecule has 1 heteroatoms. The van der Waals surface area contributed by atoms with Gasteiger partial charge >= 0.3 is 0 Å². The van der Waals surface area contributed by atoms with E-state index < -0.39 is 0 Å². The van der Waals surface area contributed by atoms with Crippen molar-refractivity contribution in [2.45, 2.75) is 75.7 Å². The van der Waals surface area contributed by atoms with Crippen LogP contribution < -0.4 is 0 Å². The summed E-state index contributed by atoms with van der Waals surface area (Å²) < 4.78 is 0. The Labute approximate surface area is 120 Å². The van der Waals surface area contributed by atoms with Crippen LogP contribution in [0.4, 0.5) is 0 Å². The molecule has 0 aliphatic rings. The van der Waals surface area contributed by atoms with Gasteiger partial charge in [-0.05, 0) is 20.1 Å². The third kappa shape index (κ3) is 135000. The van der Waals surface area contributed by atoms with Gasteiger partial charge in [-0.3, -0.25) is 0 Å². The minimum atomic E-state index is 1.08. The topological polar surface area (TPSA) is 12.4 Å². The largest absolute Gasteiger partial charge is 0.304 e. The van der Waals surface area contributed by atoms with Crippen molar-refractivity contribution >= 4 is 6.72 Å². The van der Waals surface area contributed by atoms with Crippen LogP contribution in [0.2, 0.25) is 0 Å². The molecular formula is C17H43N. The lowest BCUT2D eigenvalue weighted by molar-refractivity contribution is 1.23. The van der Waals surface area contributed by atoms with E-state index in [2.05, 4.69) is 31.8 Å². The minimum absolute atomic E-state index is 1.08. The summed E-state index contributed by atoms with van der Waals surface area (Å²) in [6.07, 6.45) is 4.71. The smallest absolute Gasteiger partial charge is 0.0269 e. The standard InChI is InChI=1S/C4H8.C3H6.C2H5N.4C2H6/c1-3-4-2;2*1-3-2;4*1-2/h3H,1,4H2,2H3;3H,1H2,2H3;1H2,2H3;4*1-2H3. The molecule has 0 unspecified atom stereocenters. The first kappa shape index (κ1) is 43.4. The highest BCUT2D eigenvalue weighted by atomic mass is 14.6. The second-order valence-corrected chi connectivity index (χ2v) is 1.42. The third-order valence-electron chi connectivity index (χ3n) is 0.289. The molecule has 0 amide bonds. The molecule has 0 saturated carbocycles. The predicted octanol–water partition coefficient (Wildman–Crippen LogP) is 7.20. The van der Waals surface area contributed by atoms with Gasteiger partial charge in [-0.25, -0.2) is 0 Å². The summed E-state index contributed by atoms with van der Waals surface area (Å²) in [6.45, 7) is 29.9. The first-order chi connectivity index (χ1) is 8.74. The van der Waals surface area contributed by atoms with Crippen molar-refractivity contribution in [2.24, 2.45) is 4.99 Å². The van der Waals surface area contributed by atoms with Crippen molar-refractivity contribution < 1.29 is 0 Å². The molecule has 0 N–H and O–H groups in total. The zero-order valence-corrected chi connectivity index (χ0v) is 15.4. The van der Waals surface area contributed by atoms with Gasteiger partial charge in [0.2, 0.25) is 0 Å². The van der Waals surface area contributed by atoms with Crippen LogP contribution in [0, 0.1) is 0 Å². The molecule has 0 aliphatic carbocycles. The van der Waals surface area contributed by atoms with Gasteiger partial charge < -0.3 is 4.99 Å². The van der Waals surface area contributed by atoms with E-state index in [1.54, 1.807) is 13.1 Å². The van der Waals surface area contributed by atoms with Crippen molar-refractivity contribution in [3.63, 3.8) is 0 Å². The summed E-state index contributed by atoms with van der Waals surface area (Å²) >= 11 is 0. The average Bonchev–Trinajstić information content (AvgIpc) is 2.49.